The van der Waals surface area contributed by atoms with Crippen molar-refractivity contribution in [2.24, 2.45) is 5.92 Å². The molecule has 4 nitrogen and oxygen atoms in total. The average Bonchev–Trinajstić information content (AvgIpc) is 2.46. The smallest absolute Gasteiger partial charge is 0.169 e. The van der Waals surface area contributed by atoms with Crippen LogP contribution in [0.3, 0.4) is 0 Å². The monoisotopic (exact) mass is 293 g/mol. The first kappa shape index (κ1) is 14.5. The second-order valence-corrected chi connectivity index (χ2v) is 5.89. The van der Waals surface area contributed by atoms with Gasteiger partial charge in [-0.15, -0.1) is 0 Å². The summed E-state index contributed by atoms with van der Waals surface area (Å²) in [5, 5.41) is 0. The molecule has 2 bridgehead atoms. The number of hydrogen-bond acceptors (Lipinski definition) is 4. The van der Waals surface area contributed by atoms with E-state index in [1.54, 1.807) is 6.07 Å². The van der Waals surface area contributed by atoms with E-state index >= 15 is 0 Å². The lowest BCUT2D eigenvalue weighted by Crippen LogP contribution is -2.55. The topological polar surface area (TPSA) is 38.8 Å². The molecule has 0 N–H and O–H groups in total. The van der Waals surface area contributed by atoms with Crippen LogP contribution in [-0.2, 0) is 4.74 Å². The molecule has 2 heterocycles. The molecule has 2 unspecified atom stereocenters. The van der Waals surface area contributed by atoms with Gasteiger partial charge in [-0.25, -0.2) is 4.39 Å². The van der Waals surface area contributed by atoms with Crippen molar-refractivity contribution in [2.45, 2.75) is 24.9 Å². The Morgan fingerprint density at radius 2 is 2.00 bits per heavy atom. The zero-order valence-corrected chi connectivity index (χ0v) is 12.3. The van der Waals surface area contributed by atoms with Gasteiger partial charge in [-0.1, -0.05) is 0 Å². The molecule has 114 valence electrons. The number of carbonyl (C=O) groups excluding carboxylic acids is 1. The number of likely N-dealkylation sites (N-methyl/N-ethyl adjacent to an activating group) is 1. The van der Waals surface area contributed by atoms with Gasteiger partial charge in [-0.05, 0) is 32.0 Å². The summed E-state index contributed by atoms with van der Waals surface area (Å²) in [6, 6.07) is 4.95. The summed E-state index contributed by atoms with van der Waals surface area (Å²) < 4.78 is 24.6. The Morgan fingerprint density at radius 3 is 2.57 bits per heavy atom. The maximum absolute atomic E-state index is 14.1. The summed E-state index contributed by atoms with van der Waals surface area (Å²) in [6.45, 7) is 1.31. The van der Waals surface area contributed by atoms with Crippen LogP contribution in [0.1, 0.15) is 23.2 Å². The third-order valence-electron chi connectivity index (χ3n) is 4.70. The molecule has 0 aromatic heterocycles. The summed E-state index contributed by atoms with van der Waals surface area (Å²) in [7, 11) is 3.56. The molecular formula is C16H20FNO3. The van der Waals surface area contributed by atoms with E-state index in [0.717, 1.165) is 12.8 Å². The number of hydrogen-bond donors (Lipinski definition) is 0. The maximum Gasteiger partial charge on any atom is 0.169 e. The van der Waals surface area contributed by atoms with Crippen LogP contribution < -0.4 is 4.74 Å². The third-order valence-corrected chi connectivity index (χ3v) is 4.70. The van der Waals surface area contributed by atoms with Gasteiger partial charge in [0.25, 0.3) is 0 Å². The van der Waals surface area contributed by atoms with Crippen molar-refractivity contribution in [3.8, 4) is 5.75 Å². The van der Waals surface area contributed by atoms with Gasteiger partial charge in [0.1, 0.15) is 11.6 Å². The van der Waals surface area contributed by atoms with Crippen LogP contribution in [0.2, 0.25) is 0 Å². The van der Waals surface area contributed by atoms with Crippen molar-refractivity contribution < 1.29 is 18.7 Å². The fourth-order valence-corrected chi connectivity index (χ4v) is 3.35. The predicted octanol–water partition coefficient (Wildman–Crippen LogP) is 2.13. The Morgan fingerprint density at radius 1 is 1.33 bits per heavy atom. The first-order valence-electron chi connectivity index (χ1n) is 7.27. The molecule has 21 heavy (non-hydrogen) atoms. The molecule has 2 fully saturated rings. The molecule has 0 saturated carbocycles. The first-order valence-corrected chi connectivity index (χ1v) is 7.27. The van der Waals surface area contributed by atoms with Crippen molar-refractivity contribution in [1.29, 1.82) is 0 Å². The molecule has 1 aromatic rings. The number of methoxy groups -OCH3 is 1. The number of ether oxygens (including phenoxy) is 2. The number of carbonyl (C=O) groups is 1. The van der Waals surface area contributed by atoms with E-state index < -0.39 is 5.82 Å². The van der Waals surface area contributed by atoms with Gasteiger partial charge in [0.15, 0.2) is 5.78 Å². The quantitative estimate of drug-likeness (QED) is 0.800. The normalized spacial score (nSPS) is 29.2. The van der Waals surface area contributed by atoms with Gasteiger partial charge < -0.3 is 9.47 Å². The number of halogens is 1. The average molecular weight is 293 g/mol. The van der Waals surface area contributed by atoms with Crippen LogP contribution in [-0.4, -0.2) is 50.1 Å². The molecule has 5 heteroatoms. The molecule has 2 aliphatic rings. The zero-order valence-electron chi connectivity index (χ0n) is 12.3. The van der Waals surface area contributed by atoms with Gasteiger partial charge in [-0.2, -0.15) is 0 Å². The molecule has 0 spiro atoms. The second kappa shape index (κ2) is 5.73. The molecule has 0 amide bonds. The van der Waals surface area contributed by atoms with Crippen molar-refractivity contribution in [3.05, 3.63) is 29.6 Å². The minimum Gasteiger partial charge on any atom is -0.497 e. The minimum atomic E-state index is -0.500. The fourth-order valence-electron chi connectivity index (χ4n) is 3.35. The number of piperidine rings is 1. The lowest BCUT2D eigenvalue weighted by molar-refractivity contribution is -0.0702. The lowest BCUT2D eigenvalue weighted by atomic mass is 9.81. The van der Waals surface area contributed by atoms with Gasteiger partial charge in [0.05, 0.1) is 25.9 Å². The van der Waals surface area contributed by atoms with E-state index in [2.05, 4.69) is 11.9 Å². The molecule has 1 aromatic carbocycles. The number of Topliss-reactive ketones (excluding diaryl/α,β-unsaturated/α-hetero) is 1. The van der Waals surface area contributed by atoms with Gasteiger partial charge in [-0.3, -0.25) is 9.69 Å². The van der Waals surface area contributed by atoms with E-state index in [9.17, 15) is 9.18 Å². The summed E-state index contributed by atoms with van der Waals surface area (Å²) in [5.74, 6) is -0.291. The highest BCUT2D eigenvalue weighted by Gasteiger charge is 2.40. The lowest BCUT2D eigenvalue weighted by Gasteiger charge is -2.46. The Hall–Kier alpha value is -1.46. The largest absolute Gasteiger partial charge is 0.497 e. The number of ketones is 1. The highest BCUT2D eigenvalue weighted by Crippen LogP contribution is 2.33. The minimum absolute atomic E-state index is 0.0971. The van der Waals surface area contributed by atoms with Gasteiger partial charge in [0, 0.05) is 24.1 Å². The summed E-state index contributed by atoms with van der Waals surface area (Å²) >= 11 is 0. The predicted molar refractivity (Wildman–Crippen MR) is 76.2 cm³/mol. The molecule has 2 atom stereocenters. The second-order valence-electron chi connectivity index (χ2n) is 5.89. The number of nitrogens with zero attached hydrogens (tertiary/aromatic N) is 1. The number of fused-ring (bicyclic) bond motifs is 2. The molecule has 0 radical (unpaired) electrons. The van der Waals surface area contributed by atoms with E-state index in [4.69, 9.17) is 9.47 Å². The van der Waals surface area contributed by atoms with Crippen molar-refractivity contribution in [2.75, 3.05) is 27.4 Å². The fraction of sp³-hybridized carbons (Fsp3) is 0.562. The van der Waals surface area contributed by atoms with E-state index in [1.165, 1.54) is 19.2 Å². The number of morpholine rings is 1. The van der Waals surface area contributed by atoms with Gasteiger partial charge in [0.2, 0.25) is 0 Å². The van der Waals surface area contributed by atoms with Crippen molar-refractivity contribution in [3.63, 3.8) is 0 Å². The Balaban J connectivity index is 1.79. The third kappa shape index (κ3) is 2.68. The Labute approximate surface area is 123 Å². The molecular weight excluding hydrogens is 273 g/mol. The van der Waals surface area contributed by atoms with Crippen LogP contribution in [0.5, 0.6) is 5.75 Å². The maximum atomic E-state index is 14.1. The highest BCUT2D eigenvalue weighted by atomic mass is 19.1. The molecule has 3 rings (SSSR count). The van der Waals surface area contributed by atoms with Crippen LogP contribution in [0.4, 0.5) is 4.39 Å². The Bertz CT molecular complexity index is 534. The summed E-state index contributed by atoms with van der Waals surface area (Å²) in [4.78, 5) is 14.9. The standard InChI is InChI=1S/C16H20FNO3/c1-18-11-5-10(6-12(18)9-21-8-11)16(19)14-4-3-13(20-2)7-15(14)17/h3-4,7,10-12H,5-6,8-9H2,1-2H3. The summed E-state index contributed by atoms with van der Waals surface area (Å²) in [5.41, 5.74) is 0.171. The van der Waals surface area contributed by atoms with E-state index in [-0.39, 0.29) is 29.3 Å². The Kier molecular flexibility index (Phi) is 3.95. The molecule has 0 aliphatic carbocycles. The van der Waals surface area contributed by atoms with Crippen LogP contribution in [0.15, 0.2) is 18.2 Å². The van der Waals surface area contributed by atoms with E-state index in [0.29, 0.717) is 19.0 Å². The van der Waals surface area contributed by atoms with Gasteiger partial charge >= 0.3 is 0 Å². The highest BCUT2D eigenvalue weighted by molar-refractivity contribution is 5.98. The summed E-state index contributed by atoms with van der Waals surface area (Å²) in [6.07, 6.45) is 1.47. The number of benzene rings is 1. The van der Waals surface area contributed by atoms with Crippen LogP contribution in [0.25, 0.3) is 0 Å². The SMILES string of the molecule is COc1ccc(C(=O)C2CC3COCC(C2)N3C)c(F)c1. The molecule has 2 aliphatic heterocycles. The van der Waals surface area contributed by atoms with Crippen molar-refractivity contribution in [1.82, 2.24) is 4.90 Å². The zero-order chi connectivity index (χ0) is 15.0. The number of rotatable bonds is 3. The molecule has 2 saturated heterocycles. The first-order chi connectivity index (χ1) is 10.1. The van der Waals surface area contributed by atoms with Crippen LogP contribution in [0, 0.1) is 11.7 Å². The van der Waals surface area contributed by atoms with Crippen molar-refractivity contribution >= 4 is 5.78 Å². The van der Waals surface area contributed by atoms with E-state index in [1.807, 2.05) is 0 Å². The van der Waals surface area contributed by atoms with Crippen LogP contribution >= 0.6 is 0 Å².